The molecule has 2 heterocycles. The highest BCUT2D eigenvalue weighted by atomic mass is 32.1. The highest BCUT2D eigenvalue weighted by molar-refractivity contribution is 7.18. The first-order chi connectivity index (χ1) is 10.8. The van der Waals surface area contributed by atoms with E-state index in [4.69, 9.17) is 4.98 Å². The van der Waals surface area contributed by atoms with E-state index in [1.54, 1.807) is 11.3 Å². The van der Waals surface area contributed by atoms with Crippen LogP contribution in [0.3, 0.4) is 0 Å². The zero-order valence-electron chi connectivity index (χ0n) is 12.8. The van der Waals surface area contributed by atoms with Gasteiger partial charge in [0.05, 0.1) is 15.2 Å². The van der Waals surface area contributed by atoms with Crippen molar-refractivity contribution in [3.8, 4) is 0 Å². The molecule has 0 bridgehead atoms. The molecular formula is C18H22N2OS. The van der Waals surface area contributed by atoms with E-state index in [1.807, 2.05) is 6.07 Å². The Morgan fingerprint density at radius 2 is 1.95 bits per heavy atom. The van der Waals surface area contributed by atoms with Gasteiger partial charge in [-0.1, -0.05) is 25.0 Å². The molecule has 3 nitrogen and oxygen atoms in total. The van der Waals surface area contributed by atoms with Crippen molar-refractivity contribution in [2.75, 3.05) is 13.1 Å². The van der Waals surface area contributed by atoms with E-state index in [0.717, 1.165) is 44.3 Å². The van der Waals surface area contributed by atoms with E-state index in [2.05, 4.69) is 23.1 Å². The molecule has 0 radical (unpaired) electrons. The highest BCUT2D eigenvalue weighted by Gasteiger charge is 2.31. The van der Waals surface area contributed by atoms with Crippen molar-refractivity contribution in [1.29, 1.82) is 0 Å². The molecule has 1 aliphatic heterocycles. The Morgan fingerprint density at radius 1 is 1.14 bits per heavy atom. The Bertz CT molecular complexity index is 642. The lowest BCUT2D eigenvalue weighted by Gasteiger charge is -2.33. The summed E-state index contributed by atoms with van der Waals surface area (Å²) in [5.41, 5.74) is 1.10. The molecule has 1 aromatic heterocycles. The number of para-hydroxylation sites is 1. The third-order valence-electron chi connectivity index (χ3n) is 5.10. The van der Waals surface area contributed by atoms with Gasteiger partial charge in [0, 0.05) is 24.9 Å². The first kappa shape index (κ1) is 14.2. The van der Waals surface area contributed by atoms with E-state index in [-0.39, 0.29) is 0 Å². The lowest BCUT2D eigenvalue weighted by atomic mass is 9.96. The molecule has 2 aromatic rings. The van der Waals surface area contributed by atoms with Crippen LogP contribution in [0.25, 0.3) is 10.2 Å². The Balaban J connectivity index is 1.51. The minimum absolute atomic E-state index is 0.300. The first-order valence-corrected chi connectivity index (χ1v) is 9.27. The van der Waals surface area contributed by atoms with E-state index >= 15 is 0 Å². The molecule has 1 aromatic carbocycles. The summed E-state index contributed by atoms with van der Waals surface area (Å²) in [6.07, 6.45) is 6.92. The van der Waals surface area contributed by atoms with Gasteiger partial charge in [-0.25, -0.2) is 4.98 Å². The predicted molar refractivity (Wildman–Crippen MR) is 90.1 cm³/mol. The van der Waals surface area contributed by atoms with Crippen molar-refractivity contribution in [3.05, 3.63) is 29.3 Å². The molecule has 22 heavy (non-hydrogen) atoms. The number of piperidine rings is 1. The summed E-state index contributed by atoms with van der Waals surface area (Å²) in [5, 5.41) is 1.21. The van der Waals surface area contributed by atoms with Gasteiger partial charge < -0.3 is 4.90 Å². The number of likely N-dealkylation sites (tertiary alicyclic amines) is 1. The van der Waals surface area contributed by atoms with E-state index in [0.29, 0.717) is 17.7 Å². The normalized spacial score (nSPS) is 23.3. The summed E-state index contributed by atoms with van der Waals surface area (Å²) in [7, 11) is 0. The molecule has 2 aliphatic rings. The number of nitrogens with zero attached hydrogens (tertiary/aromatic N) is 2. The maximum absolute atomic E-state index is 12.7. The topological polar surface area (TPSA) is 33.2 Å². The van der Waals surface area contributed by atoms with Crippen LogP contribution in [0, 0.1) is 5.92 Å². The summed E-state index contributed by atoms with van der Waals surface area (Å²) >= 11 is 1.80. The summed E-state index contributed by atoms with van der Waals surface area (Å²) in [5.74, 6) is 1.13. The monoisotopic (exact) mass is 314 g/mol. The van der Waals surface area contributed by atoms with Crippen molar-refractivity contribution in [2.24, 2.45) is 5.92 Å². The number of aromatic nitrogens is 1. The highest BCUT2D eigenvalue weighted by Crippen LogP contribution is 2.34. The number of thiazole rings is 1. The van der Waals surface area contributed by atoms with Gasteiger partial charge in [-0.15, -0.1) is 11.3 Å². The van der Waals surface area contributed by atoms with Crippen molar-refractivity contribution in [3.63, 3.8) is 0 Å². The number of hydrogen-bond acceptors (Lipinski definition) is 3. The summed E-state index contributed by atoms with van der Waals surface area (Å²) < 4.78 is 1.26. The van der Waals surface area contributed by atoms with Gasteiger partial charge in [-0.2, -0.15) is 0 Å². The Hall–Kier alpha value is -1.42. The molecule has 2 fully saturated rings. The number of amides is 1. The molecule has 1 saturated carbocycles. The van der Waals surface area contributed by atoms with E-state index in [1.165, 1.54) is 22.5 Å². The SMILES string of the molecule is O=C(C1CCCC1)N1CCC[C@@H](c2nc3ccccc3s2)C1. The molecule has 4 rings (SSSR count). The zero-order valence-corrected chi connectivity index (χ0v) is 13.6. The van der Waals surface area contributed by atoms with E-state index in [9.17, 15) is 4.79 Å². The Morgan fingerprint density at radius 3 is 2.77 bits per heavy atom. The van der Waals surface area contributed by atoms with Gasteiger partial charge in [0.2, 0.25) is 5.91 Å². The molecule has 1 aliphatic carbocycles. The van der Waals surface area contributed by atoms with Crippen LogP contribution >= 0.6 is 11.3 Å². The third kappa shape index (κ3) is 2.65. The van der Waals surface area contributed by atoms with Crippen LogP contribution in [0.2, 0.25) is 0 Å². The predicted octanol–water partition coefficient (Wildman–Crippen LogP) is 4.19. The van der Waals surface area contributed by atoms with Gasteiger partial charge in [-0.3, -0.25) is 4.79 Å². The average Bonchev–Trinajstić information content (AvgIpc) is 3.23. The second kappa shape index (κ2) is 5.99. The van der Waals surface area contributed by atoms with Gasteiger partial charge in [-0.05, 0) is 37.8 Å². The minimum Gasteiger partial charge on any atom is -0.342 e. The quantitative estimate of drug-likeness (QED) is 0.832. The number of rotatable bonds is 2. The van der Waals surface area contributed by atoms with Crippen LogP contribution in [0.15, 0.2) is 24.3 Å². The average molecular weight is 314 g/mol. The molecule has 0 unspecified atom stereocenters. The van der Waals surface area contributed by atoms with Crippen LogP contribution in [0.4, 0.5) is 0 Å². The number of fused-ring (bicyclic) bond motifs is 1. The van der Waals surface area contributed by atoms with Crippen LogP contribution < -0.4 is 0 Å². The van der Waals surface area contributed by atoms with E-state index < -0.39 is 0 Å². The lowest BCUT2D eigenvalue weighted by molar-refractivity contribution is -0.136. The number of carbonyl (C=O) groups excluding carboxylic acids is 1. The fourth-order valence-electron chi connectivity index (χ4n) is 3.87. The molecule has 1 saturated heterocycles. The van der Waals surface area contributed by atoms with Crippen molar-refractivity contribution in [1.82, 2.24) is 9.88 Å². The summed E-state index contributed by atoms with van der Waals surface area (Å²) in [6.45, 7) is 1.81. The lowest BCUT2D eigenvalue weighted by Crippen LogP contribution is -2.41. The molecule has 116 valence electrons. The molecule has 1 amide bonds. The van der Waals surface area contributed by atoms with Crippen LogP contribution in [0.5, 0.6) is 0 Å². The maximum atomic E-state index is 12.7. The fourth-order valence-corrected chi connectivity index (χ4v) is 4.97. The van der Waals surface area contributed by atoms with Crippen LogP contribution in [0.1, 0.15) is 49.5 Å². The standard InChI is InChI=1S/C18H22N2OS/c21-18(13-6-1-2-7-13)20-11-5-8-14(12-20)17-19-15-9-3-4-10-16(15)22-17/h3-4,9-10,13-14H,1-2,5-8,11-12H2/t14-/m1/s1. The van der Waals surface area contributed by atoms with Gasteiger partial charge in [0.25, 0.3) is 0 Å². The maximum Gasteiger partial charge on any atom is 0.225 e. The largest absolute Gasteiger partial charge is 0.342 e. The van der Waals surface area contributed by atoms with Crippen molar-refractivity contribution in [2.45, 2.75) is 44.4 Å². The number of carbonyl (C=O) groups is 1. The minimum atomic E-state index is 0.300. The third-order valence-corrected chi connectivity index (χ3v) is 6.30. The molecule has 1 atom stereocenters. The molecule has 4 heteroatoms. The number of benzene rings is 1. The van der Waals surface area contributed by atoms with Crippen LogP contribution in [-0.4, -0.2) is 28.9 Å². The Kier molecular flexibility index (Phi) is 3.87. The zero-order chi connectivity index (χ0) is 14.9. The van der Waals surface area contributed by atoms with Gasteiger partial charge in [0.15, 0.2) is 0 Å². The number of hydrogen-bond donors (Lipinski definition) is 0. The van der Waals surface area contributed by atoms with Gasteiger partial charge in [0.1, 0.15) is 0 Å². The summed E-state index contributed by atoms with van der Waals surface area (Å²) in [4.78, 5) is 19.6. The smallest absolute Gasteiger partial charge is 0.225 e. The van der Waals surface area contributed by atoms with Crippen molar-refractivity contribution < 1.29 is 4.79 Å². The Labute approximate surface area is 135 Å². The second-order valence-electron chi connectivity index (χ2n) is 6.62. The molecule has 0 N–H and O–H groups in total. The molecular weight excluding hydrogens is 292 g/mol. The summed E-state index contributed by atoms with van der Waals surface area (Å²) in [6, 6.07) is 8.34. The van der Waals surface area contributed by atoms with Crippen LogP contribution in [-0.2, 0) is 4.79 Å². The molecule has 0 spiro atoms. The second-order valence-corrected chi connectivity index (χ2v) is 7.69. The van der Waals surface area contributed by atoms with Crippen molar-refractivity contribution >= 4 is 27.5 Å². The van der Waals surface area contributed by atoms with Gasteiger partial charge >= 0.3 is 0 Å². The fraction of sp³-hybridized carbons (Fsp3) is 0.556. The first-order valence-electron chi connectivity index (χ1n) is 8.45.